The summed E-state index contributed by atoms with van der Waals surface area (Å²) >= 11 is 0. The third-order valence-electron chi connectivity index (χ3n) is 3.52. The zero-order chi connectivity index (χ0) is 14.6. The molecule has 2 unspecified atom stereocenters. The molecular weight excluding hydrogens is 246 g/mol. The topological polar surface area (TPSA) is 66.8 Å². The molecule has 5 heteroatoms. The van der Waals surface area contributed by atoms with Crippen molar-refractivity contribution in [2.75, 3.05) is 26.8 Å². The lowest BCUT2D eigenvalue weighted by atomic mass is 9.79. The van der Waals surface area contributed by atoms with Crippen molar-refractivity contribution in [2.45, 2.75) is 33.6 Å². The van der Waals surface area contributed by atoms with E-state index >= 15 is 0 Å². The Bertz CT molecular complexity index is 329. The lowest BCUT2D eigenvalue weighted by Crippen LogP contribution is -2.45. The Morgan fingerprint density at radius 2 is 2.05 bits per heavy atom. The van der Waals surface area contributed by atoms with Crippen molar-refractivity contribution in [3.63, 3.8) is 0 Å². The lowest BCUT2D eigenvalue weighted by molar-refractivity contribution is -0.156. The van der Waals surface area contributed by atoms with Gasteiger partial charge in [0.1, 0.15) is 5.92 Å². The fourth-order valence-electron chi connectivity index (χ4n) is 2.50. The Morgan fingerprint density at radius 3 is 2.47 bits per heavy atom. The van der Waals surface area contributed by atoms with Gasteiger partial charge in [-0.1, -0.05) is 20.8 Å². The minimum Gasteiger partial charge on any atom is -0.481 e. The van der Waals surface area contributed by atoms with Gasteiger partial charge in [-0.05, 0) is 24.2 Å². The SMILES string of the molecule is CN(CC1CCCOC1)C(=O)C(C(=O)O)C(C)(C)C. The molecule has 0 aromatic rings. The second kappa shape index (κ2) is 6.37. The summed E-state index contributed by atoms with van der Waals surface area (Å²) in [6.07, 6.45) is 2.04. The summed E-state index contributed by atoms with van der Waals surface area (Å²) in [5, 5.41) is 9.26. The molecule has 5 nitrogen and oxygen atoms in total. The number of carboxylic acids is 1. The molecule has 1 heterocycles. The zero-order valence-corrected chi connectivity index (χ0v) is 12.3. The number of hydrogen-bond donors (Lipinski definition) is 1. The van der Waals surface area contributed by atoms with Crippen LogP contribution in [-0.4, -0.2) is 48.7 Å². The third-order valence-corrected chi connectivity index (χ3v) is 3.52. The van der Waals surface area contributed by atoms with Gasteiger partial charge in [-0.25, -0.2) is 0 Å². The van der Waals surface area contributed by atoms with Crippen molar-refractivity contribution in [3.05, 3.63) is 0 Å². The van der Waals surface area contributed by atoms with Crippen molar-refractivity contribution >= 4 is 11.9 Å². The van der Waals surface area contributed by atoms with Gasteiger partial charge in [-0.3, -0.25) is 9.59 Å². The minimum atomic E-state index is -1.05. The maximum atomic E-state index is 12.3. The Morgan fingerprint density at radius 1 is 1.42 bits per heavy atom. The van der Waals surface area contributed by atoms with E-state index in [1.54, 1.807) is 32.7 Å². The molecule has 19 heavy (non-hydrogen) atoms. The summed E-state index contributed by atoms with van der Waals surface area (Å²) in [5.41, 5.74) is -0.583. The van der Waals surface area contributed by atoms with E-state index in [2.05, 4.69) is 0 Å². The number of ether oxygens (including phenoxy) is 1. The highest BCUT2D eigenvalue weighted by atomic mass is 16.5. The average molecular weight is 271 g/mol. The first-order valence-electron chi connectivity index (χ1n) is 6.79. The maximum Gasteiger partial charge on any atom is 0.316 e. The number of aliphatic carboxylic acids is 1. The van der Waals surface area contributed by atoms with E-state index in [0.29, 0.717) is 19.1 Å². The molecule has 1 N–H and O–H groups in total. The molecule has 0 aromatic heterocycles. The summed E-state index contributed by atoms with van der Waals surface area (Å²) in [6.45, 7) is 7.35. The van der Waals surface area contributed by atoms with Crippen LogP contribution < -0.4 is 0 Å². The van der Waals surface area contributed by atoms with E-state index in [1.807, 2.05) is 0 Å². The summed E-state index contributed by atoms with van der Waals surface area (Å²) < 4.78 is 5.38. The molecule has 0 spiro atoms. The van der Waals surface area contributed by atoms with E-state index in [4.69, 9.17) is 4.74 Å². The van der Waals surface area contributed by atoms with Crippen molar-refractivity contribution < 1.29 is 19.4 Å². The zero-order valence-electron chi connectivity index (χ0n) is 12.3. The normalized spacial score (nSPS) is 21.8. The molecule has 0 saturated carbocycles. The van der Waals surface area contributed by atoms with Crippen LogP contribution in [-0.2, 0) is 14.3 Å². The van der Waals surface area contributed by atoms with Crippen LogP contribution in [0.25, 0.3) is 0 Å². The van der Waals surface area contributed by atoms with Crippen molar-refractivity contribution in [2.24, 2.45) is 17.3 Å². The number of carbonyl (C=O) groups excluding carboxylic acids is 1. The summed E-state index contributed by atoms with van der Waals surface area (Å²) in [7, 11) is 1.68. The van der Waals surface area contributed by atoms with Crippen LogP contribution in [0.2, 0.25) is 0 Å². The Labute approximate surface area is 114 Å². The Kier molecular flexibility index (Phi) is 5.35. The maximum absolute atomic E-state index is 12.3. The monoisotopic (exact) mass is 271 g/mol. The van der Waals surface area contributed by atoms with E-state index in [9.17, 15) is 14.7 Å². The van der Waals surface area contributed by atoms with Crippen LogP contribution in [0.3, 0.4) is 0 Å². The van der Waals surface area contributed by atoms with Crippen LogP contribution in [0, 0.1) is 17.3 Å². The van der Waals surface area contributed by atoms with Gasteiger partial charge in [0, 0.05) is 20.2 Å². The highest BCUT2D eigenvalue weighted by Gasteiger charge is 2.39. The molecule has 1 aliphatic rings. The molecule has 0 aromatic carbocycles. The minimum absolute atomic E-state index is 0.314. The predicted octanol–water partition coefficient (Wildman–Crippen LogP) is 1.62. The molecule has 1 rings (SSSR count). The van der Waals surface area contributed by atoms with Crippen LogP contribution in [0.4, 0.5) is 0 Å². The van der Waals surface area contributed by atoms with Crippen molar-refractivity contribution in [1.29, 1.82) is 0 Å². The second-order valence-corrected chi connectivity index (χ2v) is 6.44. The van der Waals surface area contributed by atoms with E-state index in [0.717, 1.165) is 19.4 Å². The fourth-order valence-corrected chi connectivity index (χ4v) is 2.50. The molecule has 1 amide bonds. The van der Waals surface area contributed by atoms with Gasteiger partial charge in [0.05, 0.1) is 6.61 Å². The third kappa shape index (κ3) is 4.49. The Hall–Kier alpha value is -1.10. The van der Waals surface area contributed by atoms with Gasteiger partial charge >= 0.3 is 5.97 Å². The smallest absolute Gasteiger partial charge is 0.316 e. The van der Waals surface area contributed by atoms with Crippen LogP contribution in [0.5, 0.6) is 0 Å². The number of carboxylic acid groups (broad SMARTS) is 1. The van der Waals surface area contributed by atoms with Gasteiger partial charge < -0.3 is 14.7 Å². The van der Waals surface area contributed by atoms with Gasteiger partial charge in [0.25, 0.3) is 0 Å². The highest BCUT2D eigenvalue weighted by Crippen LogP contribution is 2.28. The number of nitrogens with zero attached hydrogens (tertiary/aromatic N) is 1. The van der Waals surface area contributed by atoms with Gasteiger partial charge in [0.15, 0.2) is 0 Å². The van der Waals surface area contributed by atoms with Gasteiger partial charge in [-0.15, -0.1) is 0 Å². The standard InChI is InChI=1S/C14H25NO4/c1-14(2,3)11(13(17)18)12(16)15(4)8-10-6-5-7-19-9-10/h10-11H,5-9H2,1-4H3,(H,17,18). The predicted molar refractivity (Wildman–Crippen MR) is 71.8 cm³/mol. The second-order valence-electron chi connectivity index (χ2n) is 6.44. The van der Waals surface area contributed by atoms with Crippen LogP contribution >= 0.6 is 0 Å². The first kappa shape index (κ1) is 16.0. The van der Waals surface area contributed by atoms with E-state index < -0.39 is 17.3 Å². The van der Waals surface area contributed by atoms with Crippen molar-refractivity contribution in [1.82, 2.24) is 4.90 Å². The molecule has 0 radical (unpaired) electrons. The van der Waals surface area contributed by atoms with E-state index in [1.165, 1.54) is 0 Å². The highest BCUT2D eigenvalue weighted by molar-refractivity contribution is 5.97. The molecule has 0 aliphatic carbocycles. The van der Waals surface area contributed by atoms with Crippen LogP contribution in [0.15, 0.2) is 0 Å². The van der Waals surface area contributed by atoms with Crippen molar-refractivity contribution in [3.8, 4) is 0 Å². The van der Waals surface area contributed by atoms with Crippen LogP contribution in [0.1, 0.15) is 33.6 Å². The fraction of sp³-hybridized carbons (Fsp3) is 0.857. The largest absolute Gasteiger partial charge is 0.481 e. The average Bonchev–Trinajstić information content (AvgIpc) is 2.27. The quantitative estimate of drug-likeness (QED) is 0.789. The number of hydrogen-bond acceptors (Lipinski definition) is 3. The molecule has 1 aliphatic heterocycles. The molecule has 110 valence electrons. The Balaban J connectivity index is 2.65. The molecule has 0 bridgehead atoms. The van der Waals surface area contributed by atoms with Gasteiger partial charge in [0.2, 0.25) is 5.91 Å². The lowest BCUT2D eigenvalue weighted by Gasteiger charge is -2.32. The first-order chi connectivity index (χ1) is 8.73. The first-order valence-corrected chi connectivity index (χ1v) is 6.79. The number of carbonyl (C=O) groups is 2. The molecule has 2 atom stereocenters. The van der Waals surface area contributed by atoms with E-state index in [-0.39, 0.29) is 5.91 Å². The molecule has 1 saturated heterocycles. The van der Waals surface area contributed by atoms with Gasteiger partial charge in [-0.2, -0.15) is 0 Å². The summed E-state index contributed by atoms with van der Waals surface area (Å²) in [5.74, 6) is -2.05. The molecular formula is C14H25NO4. The number of amides is 1. The molecule has 1 fully saturated rings. The summed E-state index contributed by atoms with van der Waals surface area (Å²) in [4.78, 5) is 25.2. The summed E-state index contributed by atoms with van der Waals surface area (Å²) in [6, 6.07) is 0. The number of rotatable bonds is 4.